The van der Waals surface area contributed by atoms with Gasteiger partial charge in [-0.15, -0.1) is 10.2 Å². The molecule has 1 N–H and O–H groups in total. The largest absolute Gasteiger partial charge is 0.478 e. The third-order valence-corrected chi connectivity index (χ3v) is 2.33. The standard InChI is InChI=1S/C11H8N2O3/c1-6(11(15)16)9-7-4-2-3-5-8(7)10(14)13-12-9/h2-5H,1H3,(H,15,16). The monoisotopic (exact) mass is 216 g/mol. The molecule has 0 atom stereocenters. The van der Waals surface area contributed by atoms with Crippen LogP contribution in [0.5, 0.6) is 0 Å². The van der Waals surface area contributed by atoms with Crippen LogP contribution in [0.4, 0.5) is 0 Å². The second-order valence-electron chi connectivity index (χ2n) is 3.33. The summed E-state index contributed by atoms with van der Waals surface area (Å²) < 4.78 is 0. The van der Waals surface area contributed by atoms with Gasteiger partial charge in [-0.05, 0) is 13.0 Å². The minimum absolute atomic E-state index is 0.0729. The number of hydrogen-bond acceptors (Lipinski definition) is 3. The number of carbonyl (C=O) groups is 2. The molecule has 1 amide bonds. The van der Waals surface area contributed by atoms with E-state index >= 15 is 0 Å². The molecule has 0 radical (unpaired) electrons. The Labute approximate surface area is 91.1 Å². The van der Waals surface area contributed by atoms with Crippen molar-refractivity contribution in [1.29, 1.82) is 0 Å². The number of carboxylic acid groups (broad SMARTS) is 1. The van der Waals surface area contributed by atoms with Crippen LogP contribution < -0.4 is 0 Å². The number of nitrogens with zero attached hydrogens (tertiary/aromatic N) is 2. The summed E-state index contributed by atoms with van der Waals surface area (Å²) in [7, 11) is 0. The normalized spacial score (nSPS) is 16.9. The first-order valence-electron chi connectivity index (χ1n) is 4.61. The van der Waals surface area contributed by atoms with Gasteiger partial charge in [-0.25, -0.2) is 4.79 Å². The van der Waals surface area contributed by atoms with Crippen molar-refractivity contribution in [2.75, 3.05) is 0 Å². The fourth-order valence-corrected chi connectivity index (χ4v) is 1.46. The van der Waals surface area contributed by atoms with Crippen LogP contribution in [0, 0.1) is 0 Å². The third kappa shape index (κ3) is 1.52. The van der Waals surface area contributed by atoms with E-state index in [0.717, 1.165) is 0 Å². The van der Waals surface area contributed by atoms with Crippen molar-refractivity contribution in [3.63, 3.8) is 0 Å². The molecule has 1 heterocycles. The molecule has 0 bridgehead atoms. The predicted molar refractivity (Wildman–Crippen MR) is 55.9 cm³/mol. The van der Waals surface area contributed by atoms with Crippen LogP contribution in [-0.4, -0.2) is 17.0 Å². The summed E-state index contributed by atoms with van der Waals surface area (Å²) in [5.41, 5.74) is 1.21. The summed E-state index contributed by atoms with van der Waals surface area (Å²) in [5.74, 6) is -1.52. The minimum Gasteiger partial charge on any atom is -0.478 e. The first-order valence-corrected chi connectivity index (χ1v) is 4.61. The second-order valence-corrected chi connectivity index (χ2v) is 3.33. The topological polar surface area (TPSA) is 79.1 Å². The van der Waals surface area contributed by atoms with Crippen molar-refractivity contribution in [2.45, 2.75) is 6.92 Å². The fraction of sp³-hybridized carbons (Fsp3) is 0.0909. The number of amides is 1. The van der Waals surface area contributed by atoms with Gasteiger partial charge in [-0.2, -0.15) is 0 Å². The molecule has 5 nitrogen and oxygen atoms in total. The summed E-state index contributed by atoms with van der Waals surface area (Å²) in [6.45, 7) is 1.43. The third-order valence-electron chi connectivity index (χ3n) is 2.33. The maximum atomic E-state index is 11.4. The van der Waals surface area contributed by atoms with Crippen LogP contribution in [0.2, 0.25) is 0 Å². The molecule has 0 aliphatic carbocycles. The van der Waals surface area contributed by atoms with Gasteiger partial charge in [0.15, 0.2) is 0 Å². The SMILES string of the molecule is CC(C(=O)O)=C1N=NC(=O)c2ccccc21. The van der Waals surface area contributed by atoms with E-state index in [1.165, 1.54) is 6.92 Å². The van der Waals surface area contributed by atoms with Crippen molar-refractivity contribution >= 4 is 17.6 Å². The summed E-state index contributed by atoms with van der Waals surface area (Å²) in [5, 5.41) is 15.9. The quantitative estimate of drug-likeness (QED) is 0.730. The predicted octanol–water partition coefficient (Wildman–Crippen LogP) is 2.11. The van der Waals surface area contributed by atoms with Crippen LogP contribution >= 0.6 is 0 Å². The molecule has 80 valence electrons. The highest BCUT2D eigenvalue weighted by Gasteiger charge is 2.22. The molecule has 5 heteroatoms. The first kappa shape index (κ1) is 10.2. The highest BCUT2D eigenvalue weighted by atomic mass is 16.4. The molecule has 1 aromatic rings. The fourth-order valence-electron chi connectivity index (χ4n) is 1.46. The molecule has 0 aromatic heterocycles. The molecular weight excluding hydrogens is 208 g/mol. The lowest BCUT2D eigenvalue weighted by Gasteiger charge is -2.11. The Hall–Kier alpha value is -2.30. The number of aliphatic carboxylic acids is 1. The molecule has 0 saturated heterocycles. The molecule has 2 rings (SSSR count). The van der Waals surface area contributed by atoms with Gasteiger partial charge in [0.1, 0.15) is 5.70 Å². The average molecular weight is 216 g/mol. The van der Waals surface area contributed by atoms with Crippen LogP contribution in [0.3, 0.4) is 0 Å². The number of carboxylic acids is 1. The lowest BCUT2D eigenvalue weighted by Crippen LogP contribution is -2.08. The number of fused-ring (bicyclic) bond motifs is 1. The Bertz CT molecular complexity index is 544. The number of hydrogen-bond donors (Lipinski definition) is 1. The Morgan fingerprint density at radius 2 is 1.81 bits per heavy atom. The van der Waals surface area contributed by atoms with Gasteiger partial charge < -0.3 is 5.11 Å². The number of rotatable bonds is 1. The molecular formula is C11H8N2O3. The second kappa shape index (κ2) is 3.69. The zero-order valence-corrected chi connectivity index (χ0v) is 8.47. The summed E-state index contributed by atoms with van der Waals surface area (Å²) in [6, 6.07) is 6.69. The van der Waals surface area contributed by atoms with Crippen LogP contribution in [0.1, 0.15) is 22.8 Å². The van der Waals surface area contributed by atoms with Crippen LogP contribution in [0.25, 0.3) is 5.70 Å². The lowest BCUT2D eigenvalue weighted by atomic mass is 10.0. The average Bonchev–Trinajstić information content (AvgIpc) is 2.29. The molecule has 0 spiro atoms. The Balaban J connectivity index is 2.69. The van der Waals surface area contributed by atoms with Crippen LogP contribution in [0.15, 0.2) is 40.1 Å². The Morgan fingerprint density at radius 3 is 2.44 bits per heavy atom. The van der Waals surface area contributed by atoms with Gasteiger partial charge >= 0.3 is 5.97 Å². The van der Waals surface area contributed by atoms with E-state index in [-0.39, 0.29) is 11.3 Å². The van der Waals surface area contributed by atoms with Gasteiger partial charge in [0.05, 0.1) is 11.1 Å². The molecule has 0 unspecified atom stereocenters. The molecule has 0 saturated carbocycles. The smallest absolute Gasteiger partial charge is 0.333 e. The van der Waals surface area contributed by atoms with Crippen LogP contribution in [-0.2, 0) is 4.79 Å². The zero-order chi connectivity index (χ0) is 11.7. The highest BCUT2D eigenvalue weighted by Crippen LogP contribution is 2.28. The molecule has 1 aromatic carbocycles. The van der Waals surface area contributed by atoms with E-state index in [2.05, 4.69) is 10.2 Å². The van der Waals surface area contributed by atoms with Crippen molar-refractivity contribution in [3.8, 4) is 0 Å². The summed E-state index contributed by atoms with van der Waals surface area (Å²) in [4.78, 5) is 22.2. The van der Waals surface area contributed by atoms with Gasteiger partial charge in [-0.1, -0.05) is 18.2 Å². The van der Waals surface area contributed by atoms with Crippen molar-refractivity contribution in [1.82, 2.24) is 0 Å². The van der Waals surface area contributed by atoms with E-state index in [4.69, 9.17) is 5.11 Å². The number of carbonyl (C=O) groups excluding carboxylic acids is 1. The maximum Gasteiger partial charge on any atom is 0.333 e. The van der Waals surface area contributed by atoms with Crippen molar-refractivity contribution in [2.24, 2.45) is 10.2 Å². The summed E-state index contributed by atoms with van der Waals surface area (Å²) in [6.07, 6.45) is 0. The number of benzene rings is 1. The van der Waals surface area contributed by atoms with Gasteiger partial charge in [0.25, 0.3) is 5.91 Å². The van der Waals surface area contributed by atoms with E-state index in [9.17, 15) is 9.59 Å². The molecule has 0 fully saturated rings. The maximum absolute atomic E-state index is 11.4. The zero-order valence-electron chi connectivity index (χ0n) is 8.47. The van der Waals surface area contributed by atoms with Gasteiger partial charge in [0, 0.05) is 5.56 Å². The van der Waals surface area contributed by atoms with E-state index in [0.29, 0.717) is 11.1 Å². The van der Waals surface area contributed by atoms with E-state index in [1.54, 1.807) is 24.3 Å². The molecule has 16 heavy (non-hydrogen) atoms. The van der Waals surface area contributed by atoms with Gasteiger partial charge in [0.2, 0.25) is 0 Å². The Morgan fingerprint density at radius 1 is 1.19 bits per heavy atom. The van der Waals surface area contributed by atoms with E-state index in [1.807, 2.05) is 0 Å². The van der Waals surface area contributed by atoms with Crippen molar-refractivity contribution < 1.29 is 14.7 Å². The lowest BCUT2D eigenvalue weighted by molar-refractivity contribution is -0.132. The molecule has 1 aliphatic rings. The Kier molecular flexibility index (Phi) is 2.36. The highest BCUT2D eigenvalue weighted by molar-refractivity contribution is 6.05. The first-order chi connectivity index (χ1) is 7.61. The minimum atomic E-state index is -1.07. The summed E-state index contributed by atoms with van der Waals surface area (Å²) >= 11 is 0. The van der Waals surface area contributed by atoms with Gasteiger partial charge in [-0.3, -0.25) is 4.79 Å². The van der Waals surface area contributed by atoms with E-state index < -0.39 is 11.9 Å². The van der Waals surface area contributed by atoms with Crippen molar-refractivity contribution in [3.05, 3.63) is 41.0 Å². The number of azo groups is 1. The molecule has 1 aliphatic heterocycles.